The number of carbonyl (C=O) groups is 2. The van der Waals surface area contributed by atoms with E-state index in [0.717, 1.165) is 16.9 Å². The minimum absolute atomic E-state index is 0.107. The zero-order chi connectivity index (χ0) is 20.6. The molecular weight excluding hydrogens is 366 g/mol. The first-order valence-electron chi connectivity index (χ1n) is 10.1. The highest BCUT2D eigenvalue weighted by Crippen LogP contribution is 2.15. The van der Waals surface area contributed by atoms with Gasteiger partial charge < -0.3 is 19.9 Å². The van der Waals surface area contributed by atoms with E-state index >= 15 is 0 Å². The molecule has 1 N–H and O–H groups in total. The highest BCUT2D eigenvalue weighted by molar-refractivity contribution is 5.79. The third kappa shape index (κ3) is 5.98. The van der Waals surface area contributed by atoms with Crippen molar-refractivity contribution in [3.05, 3.63) is 65.2 Å². The van der Waals surface area contributed by atoms with Crippen molar-refractivity contribution in [1.29, 1.82) is 0 Å². The zero-order valence-electron chi connectivity index (χ0n) is 17.2. The predicted octanol–water partition coefficient (Wildman–Crippen LogP) is 2.78. The van der Waals surface area contributed by atoms with Gasteiger partial charge in [0.15, 0.2) is 0 Å². The summed E-state index contributed by atoms with van der Waals surface area (Å²) < 4.78 is 5.70. The van der Waals surface area contributed by atoms with E-state index in [-0.39, 0.29) is 11.9 Å². The highest BCUT2D eigenvalue weighted by atomic mass is 16.5. The molecule has 1 saturated heterocycles. The first-order chi connectivity index (χ1) is 14.0. The quantitative estimate of drug-likeness (QED) is 0.765. The smallest absolute Gasteiger partial charge is 0.317 e. The molecule has 6 nitrogen and oxygen atoms in total. The lowest BCUT2D eigenvalue weighted by molar-refractivity contribution is -0.131. The molecule has 0 unspecified atom stereocenters. The maximum absolute atomic E-state index is 12.5. The number of benzene rings is 2. The van der Waals surface area contributed by atoms with Crippen LogP contribution in [0.2, 0.25) is 0 Å². The van der Waals surface area contributed by atoms with E-state index < -0.39 is 0 Å². The van der Waals surface area contributed by atoms with Gasteiger partial charge in [-0.2, -0.15) is 0 Å². The number of urea groups is 1. The van der Waals surface area contributed by atoms with Gasteiger partial charge in [-0.3, -0.25) is 4.79 Å². The molecule has 154 valence electrons. The van der Waals surface area contributed by atoms with Crippen molar-refractivity contribution in [3.8, 4) is 5.75 Å². The molecule has 0 bridgehead atoms. The SMILES string of the molecule is Cc1ccc(CC(=O)N2CCN(C(=O)NCCOc3ccccc3C)CC2)cc1. The number of ether oxygens (including phenoxy) is 1. The van der Waals surface area contributed by atoms with E-state index in [2.05, 4.69) is 5.32 Å². The number of nitrogens with one attached hydrogen (secondary N) is 1. The van der Waals surface area contributed by atoms with Crippen LogP contribution < -0.4 is 10.1 Å². The standard InChI is InChI=1S/C23H29N3O3/c1-18-7-9-20(10-8-18)17-22(27)25-12-14-26(15-13-25)23(28)24-11-16-29-21-6-4-3-5-19(21)2/h3-10H,11-17H2,1-2H3,(H,24,28). The first-order valence-corrected chi connectivity index (χ1v) is 10.1. The Labute approximate surface area is 172 Å². The third-order valence-corrected chi connectivity index (χ3v) is 5.12. The molecule has 3 rings (SSSR count). The van der Waals surface area contributed by atoms with E-state index in [9.17, 15) is 9.59 Å². The molecule has 0 radical (unpaired) electrons. The lowest BCUT2D eigenvalue weighted by Crippen LogP contribution is -2.53. The van der Waals surface area contributed by atoms with Gasteiger partial charge in [0.1, 0.15) is 12.4 Å². The Bertz CT molecular complexity index is 828. The summed E-state index contributed by atoms with van der Waals surface area (Å²) in [5.74, 6) is 0.947. The lowest BCUT2D eigenvalue weighted by atomic mass is 10.1. The van der Waals surface area contributed by atoms with E-state index in [1.807, 2.05) is 67.3 Å². The first kappa shape index (κ1) is 20.7. The number of hydrogen-bond acceptors (Lipinski definition) is 3. The summed E-state index contributed by atoms with van der Waals surface area (Å²) in [6, 6.07) is 15.7. The van der Waals surface area contributed by atoms with Gasteiger partial charge in [-0.15, -0.1) is 0 Å². The molecule has 2 aromatic rings. The number of piperazine rings is 1. The fourth-order valence-electron chi connectivity index (χ4n) is 3.30. The van der Waals surface area contributed by atoms with Crippen LogP contribution in [-0.4, -0.2) is 61.1 Å². The van der Waals surface area contributed by atoms with Gasteiger partial charge in [-0.1, -0.05) is 48.0 Å². The molecule has 1 aliphatic rings. The average molecular weight is 396 g/mol. The topological polar surface area (TPSA) is 61.9 Å². The van der Waals surface area contributed by atoms with Crippen LogP contribution in [0.3, 0.4) is 0 Å². The summed E-state index contributed by atoms with van der Waals surface area (Å²) in [6.07, 6.45) is 0.405. The Morgan fingerprint density at radius 1 is 0.931 bits per heavy atom. The number of hydrogen-bond donors (Lipinski definition) is 1. The van der Waals surface area contributed by atoms with Crippen LogP contribution in [0.5, 0.6) is 5.75 Å². The molecule has 1 heterocycles. The van der Waals surface area contributed by atoms with E-state index in [1.165, 1.54) is 5.56 Å². The van der Waals surface area contributed by atoms with Crippen LogP contribution >= 0.6 is 0 Å². The second kappa shape index (κ2) is 9.96. The second-order valence-corrected chi connectivity index (χ2v) is 7.38. The lowest BCUT2D eigenvalue weighted by Gasteiger charge is -2.34. The third-order valence-electron chi connectivity index (χ3n) is 5.12. The largest absolute Gasteiger partial charge is 0.491 e. The van der Waals surface area contributed by atoms with Crippen molar-refractivity contribution in [2.24, 2.45) is 0 Å². The van der Waals surface area contributed by atoms with E-state index in [1.54, 1.807) is 4.90 Å². The monoisotopic (exact) mass is 395 g/mol. The molecule has 2 aromatic carbocycles. The number of carbonyl (C=O) groups excluding carboxylic acids is 2. The highest BCUT2D eigenvalue weighted by Gasteiger charge is 2.23. The Hall–Kier alpha value is -3.02. The van der Waals surface area contributed by atoms with Crippen molar-refractivity contribution >= 4 is 11.9 Å². The molecule has 1 aliphatic heterocycles. The Balaban J connectivity index is 1.36. The van der Waals surface area contributed by atoms with Crippen LogP contribution in [0.25, 0.3) is 0 Å². The maximum atomic E-state index is 12.5. The second-order valence-electron chi connectivity index (χ2n) is 7.38. The van der Waals surface area contributed by atoms with Gasteiger partial charge in [0.25, 0.3) is 0 Å². The van der Waals surface area contributed by atoms with Gasteiger partial charge in [0, 0.05) is 26.2 Å². The Morgan fingerprint density at radius 3 is 2.28 bits per heavy atom. The van der Waals surface area contributed by atoms with Crippen LogP contribution in [-0.2, 0) is 11.2 Å². The van der Waals surface area contributed by atoms with E-state index in [4.69, 9.17) is 4.74 Å². The number of para-hydroxylation sites is 1. The van der Waals surface area contributed by atoms with Crippen LogP contribution in [0, 0.1) is 13.8 Å². The molecule has 0 atom stereocenters. The molecule has 0 spiro atoms. The van der Waals surface area contributed by atoms with Crippen LogP contribution in [0.4, 0.5) is 4.79 Å². The fourth-order valence-corrected chi connectivity index (χ4v) is 3.30. The van der Waals surface area contributed by atoms with Gasteiger partial charge in [0.2, 0.25) is 5.91 Å². The van der Waals surface area contributed by atoms with Gasteiger partial charge in [-0.25, -0.2) is 4.79 Å². The van der Waals surface area contributed by atoms with Crippen molar-refractivity contribution in [3.63, 3.8) is 0 Å². The maximum Gasteiger partial charge on any atom is 0.317 e. The zero-order valence-corrected chi connectivity index (χ0v) is 17.2. The van der Waals surface area contributed by atoms with Gasteiger partial charge in [0.05, 0.1) is 13.0 Å². The summed E-state index contributed by atoms with van der Waals surface area (Å²) in [5, 5.41) is 2.89. The molecule has 6 heteroatoms. The predicted molar refractivity (Wildman–Crippen MR) is 113 cm³/mol. The molecule has 0 aromatic heterocycles. The summed E-state index contributed by atoms with van der Waals surface area (Å²) >= 11 is 0. The molecule has 0 aliphatic carbocycles. The van der Waals surface area contributed by atoms with Crippen LogP contribution in [0.1, 0.15) is 16.7 Å². The van der Waals surface area contributed by atoms with Crippen molar-refractivity contribution in [1.82, 2.24) is 15.1 Å². The minimum Gasteiger partial charge on any atom is -0.491 e. The number of rotatable bonds is 6. The number of nitrogens with zero attached hydrogens (tertiary/aromatic N) is 2. The van der Waals surface area contributed by atoms with Gasteiger partial charge in [-0.05, 0) is 31.0 Å². The fraction of sp³-hybridized carbons (Fsp3) is 0.391. The van der Waals surface area contributed by atoms with Crippen molar-refractivity contribution in [2.75, 3.05) is 39.3 Å². The van der Waals surface area contributed by atoms with E-state index in [0.29, 0.717) is 45.8 Å². The normalized spacial score (nSPS) is 13.9. The molecular formula is C23H29N3O3. The van der Waals surface area contributed by atoms with Crippen LogP contribution in [0.15, 0.2) is 48.5 Å². The van der Waals surface area contributed by atoms with Crippen molar-refractivity contribution in [2.45, 2.75) is 20.3 Å². The summed E-state index contributed by atoms with van der Waals surface area (Å²) in [6.45, 7) is 7.12. The Morgan fingerprint density at radius 2 is 1.59 bits per heavy atom. The Kier molecular flexibility index (Phi) is 7.11. The summed E-state index contributed by atoms with van der Waals surface area (Å²) in [4.78, 5) is 28.4. The van der Waals surface area contributed by atoms with Crippen molar-refractivity contribution < 1.29 is 14.3 Å². The summed E-state index contributed by atoms with van der Waals surface area (Å²) in [7, 11) is 0. The number of aryl methyl sites for hydroxylation is 2. The number of amides is 3. The molecule has 29 heavy (non-hydrogen) atoms. The summed E-state index contributed by atoms with van der Waals surface area (Å²) in [5.41, 5.74) is 3.28. The minimum atomic E-state index is -0.107. The molecule has 3 amide bonds. The molecule has 0 saturated carbocycles. The average Bonchev–Trinajstić information content (AvgIpc) is 2.74. The molecule has 1 fully saturated rings. The van der Waals surface area contributed by atoms with Gasteiger partial charge >= 0.3 is 6.03 Å².